The Hall–Kier alpha value is -2.20. The van der Waals surface area contributed by atoms with Gasteiger partial charge in [0.25, 0.3) is 5.91 Å². The molecule has 5 rings (SSSR count). The van der Waals surface area contributed by atoms with Gasteiger partial charge in [-0.25, -0.2) is 8.78 Å². The normalized spacial score (nSPS) is 26.1. The molecule has 0 saturated carbocycles. The van der Waals surface area contributed by atoms with Crippen LogP contribution in [0.1, 0.15) is 37.7 Å². The lowest BCUT2D eigenvalue weighted by molar-refractivity contribution is -0.151. The van der Waals surface area contributed by atoms with Crippen molar-refractivity contribution in [2.75, 3.05) is 52.9 Å². The minimum atomic E-state index is -1.78. The van der Waals surface area contributed by atoms with Gasteiger partial charge in [0, 0.05) is 70.4 Å². The average molecular weight is 474 g/mol. The summed E-state index contributed by atoms with van der Waals surface area (Å²) < 4.78 is 35.8. The fourth-order valence-electron chi connectivity index (χ4n) is 5.97. The van der Waals surface area contributed by atoms with Gasteiger partial charge in [-0.15, -0.1) is 0 Å². The first-order valence-electron chi connectivity index (χ1n) is 12.3. The zero-order valence-electron chi connectivity index (χ0n) is 20.1. The number of alkyl halides is 1. The second kappa shape index (κ2) is 9.11. The summed E-state index contributed by atoms with van der Waals surface area (Å²) in [4.78, 5) is 24.5. The molecular formula is C24H33BF2N4O3. The van der Waals surface area contributed by atoms with Gasteiger partial charge in [0.05, 0.1) is 5.71 Å². The van der Waals surface area contributed by atoms with E-state index in [4.69, 9.17) is 9.57 Å². The van der Waals surface area contributed by atoms with E-state index in [1.54, 1.807) is 11.0 Å². The van der Waals surface area contributed by atoms with Crippen molar-refractivity contribution in [3.63, 3.8) is 0 Å². The number of likely N-dealkylation sites (tertiary alicyclic amines) is 2. The molecule has 184 valence electrons. The maximum absolute atomic E-state index is 15.7. The lowest BCUT2D eigenvalue weighted by Gasteiger charge is -2.47. The molecule has 0 aromatic heterocycles. The third kappa shape index (κ3) is 4.54. The van der Waals surface area contributed by atoms with Crippen molar-refractivity contribution in [3.05, 3.63) is 29.6 Å². The van der Waals surface area contributed by atoms with Crippen molar-refractivity contribution in [2.45, 2.75) is 43.4 Å². The number of ether oxygens (including phenoxy) is 1. The van der Waals surface area contributed by atoms with Crippen molar-refractivity contribution in [3.8, 4) is 5.75 Å². The lowest BCUT2D eigenvalue weighted by atomic mass is 9.81. The number of carbonyl (C=O) groups excluding carboxylic acids is 1. The standard InChI is InChI=1S/C24H33BF2N4O3/c1-33-28-20-13-23(34-21-3-2-18(26)12-19(20)21)4-10-30(11-5-23)22(32)24(27)6-8-29(9-7-24)14-17-15-31(25)16-17/h2-3,12,17H,4-11,13-16,25H2,1H3/b28-20+. The predicted molar refractivity (Wildman–Crippen MR) is 127 cm³/mol. The first kappa shape index (κ1) is 23.5. The van der Waals surface area contributed by atoms with Crippen LogP contribution >= 0.6 is 0 Å². The van der Waals surface area contributed by atoms with Crippen LogP contribution < -0.4 is 4.74 Å². The monoisotopic (exact) mass is 474 g/mol. The molecule has 0 N–H and O–H groups in total. The number of carbonyl (C=O) groups is 1. The minimum Gasteiger partial charge on any atom is -0.486 e. The van der Waals surface area contributed by atoms with Gasteiger partial charge in [0.1, 0.15) is 24.3 Å². The van der Waals surface area contributed by atoms with E-state index in [1.807, 2.05) is 0 Å². The van der Waals surface area contributed by atoms with E-state index in [0.29, 0.717) is 68.4 Å². The van der Waals surface area contributed by atoms with Crippen molar-refractivity contribution < 1.29 is 23.1 Å². The highest BCUT2D eigenvalue weighted by molar-refractivity contribution is 6.05. The summed E-state index contributed by atoms with van der Waals surface area (Å²) >= 11 is 0. The number of benzene rings is 1. The maximum Gasteiger partial charge on any atom is 0.260 e. The van der Waals surface area contributed by atoms with Crippen LogP contribution in [0.25, 0.3) is 0 Å². The third-order valence-corrected chi connectivity index (χ3v) is 7.92. The second-order valence-electron chi connectivity index (χ2n) is 10.5. The highest BCUT2D eigenvalue weighted by atomic mass is 19.1. The van der Waals surface area contributed by atoms with Crippen LogP contribution in [0.4, 0.5) is 8.78 Å². The van der Waals surface area contributed by atoms with Crippen molar-refractivity contribution in [1.29, 1.82) is 0 Å². The number of fused-ring (bicyclic) bond motifs is 1. The number of nitrogens with zero attached hydrogens (tertiary/aromatic N) is 4. The van der Waals surface area contributed by atoms with Crippen LogP contribution in [0.3, 0.4) is 0 Å². The molecule has 4 aliphatic rings. The Balaban J connectivity index is 1.19. The average Bonchev–Trinajstić information content (AvgIpc) is 2.80. The fraction of sp³-hybridized carbons (Fsp3) is 0.667. The Morgan fingerprint density at radius 2 is 1.91 bits per heavy atom. The second-order valence-corrected chi connectivity index (χ2v) is 10.5. The van der Waals surface area contributed by atoms with Gasteiger partial charge in [0.2, 0.25) is 0 Å². The number of rotatable bonds is 4. The topological polar surface area (TPSA) is 57.6 Å². The molecule has 0 atom stereocenters. The molecule has 0 unspecified atom stereocenters. The van der Waals surface area contributed by atoms with Crippen LogP contribution in [0.5, 0.6) is 5.75 Å². The Morgan fingerprint density at radius 3 is 2.56 bits per heavy atom. The first-order chi connectivity index (χ1) is 16.3. The summed E-state index contributed by atoms with van der Waals surface area (Å²) in [6.07, 6.45) is 2.11. The molecular weight excluding hydrogens is 441 g/mol. The molecule has 7 nitrogen and oxygen atoms in total. The SMILES string of the molecule is BN1CC(CN2CCC(F)(C(=O)N3CCC4(CC3)C/C(=N\OC)c3cc(F)ccc3O4)CC2)C1. The summed E-state index contributed by atoms with van der Waals surface area (Å²) in [6, 6.07) is 4.38. The number of hydrogen-bond donors (Lipinski definition) is 0. The molecule has 1 aromatic rings. The third-order valence-electron chi connectivity index (χ3n) is 7.92. The summed E-state index contributed by atoms with van der Waals surface area (Å²) in [5.74, 6) is 0.487. The number of halogens is 2. The number of hydrogen-bond acceptors (Lipinski definition) is 6. The van der Waals surface area contributed by atoms with Gasteiger partial charge in [-0.1, -0.05) is 5.16 Å². The van der Waals surface area contributed by atoms with E-state index in [2.05, 4.69) is 22.8 Å². The van der Waals surface area contributed by atoms with Gasteiger partial charge in [-0.05, 0) is 37.2 Å². The van der Waals surface area contributed by atoms with Crippen LogP contribution in [0, 0.1) is 11.7 Å². The molecule has 3 fully saturated rings. The highest BCUT2D eigenvalue weighted by Gasteiger charge is 2.48. The summed E-state index contributed by atoms with van der Waals surface area (Å²) in [5, 5.41) is 4.12. The number of amides is 1. The predicted octanol–water partition coefficient (Wildman–Crippen LogP) is 1.60. The van der Waals surface area contributed by atoms with Gasteiger partial charge < -0.3 is 24.2 Å². The lowest BCUT2D eigenvalue weighted by Crippen LogP contribution is -2.58. The first-order valence-corrected chi connectivity index (χ1v) is 12.3. The largest absolute Gasteiger partial charge is 0.486 e. The molecule has 0 radical (unpaired) electrons. The number of oxime groups is 1. The molecule has 4 aliphatic heterocycles. The van der Waals surface area contributed by atoms with Gasteiger partial charge in [-0.2, -0.15) is 0 Å². The van der Waals surface area contributed by atoms with Crippen LogP contribution in [0.2, 0.25) is 0 Å². The maximum atomic E-state index is 15.7. The molecule has 1 aromatic carbocycles. The van der Waals surface area contributed by atoms with E-state index >= 15 is 4.39 Å². The molecule has 1 amide bonds. The van der Waals surface area contributed by atoms with Crippen molar-refractivity contribution in [1.82, 2.24) is 14.6 Å². The van der Waals surface area contributed by atoms with E-state index in [1.165, 1.54) is 19.2 Å². The Bertz CT molecular complexity index is 956. The molecule has 3 saturated heterocycles. The van der Waals surface area contributed by atoms with Gasteiger partial charge in [0.15, 0.2) is 13.6 Å². The molecule has 10 heteroatoms. The molecule has 0 bridgehead atoms. The smallest absolute Gasteiger partial charge is 0.260 e. The van der Waals surface area contributed by atoms with Gasteiger partial charge in [-0.3, -0.25) is 4.79 Å². The zero-order chi connectivity index (χ0) is 23.9. The number of piperidine rings is 2. The molecule has 0 aliphatic carbocycles. The van der Waals surface area contributed by atoms with Crippen LogP contribution in [-0.4, -0.2) is 98.4 Å². The highest BCUT2D eigenvalue weighted by Crippen LogP contribution is 2.41. The zero-order valence-corrected chi connectivity index (χ0v) is 20.1. The van der Waals surface area contributed by atoms with Crippen molar-refractivity contribution >= 4 is 19.6 Å². The minimum absolute atomic E-state index is 0.260. The van der Waals surface area contributed by atoms with E-state index in [0.717, 1.165) is 19.6 Å². The van der Waals surface area contributed by atoms with E-state index < -0.39 is 11.3 Å². The summed E-state index contributed by atoms with van der Waals surface area (Å²) in [6.45, 7) is 5.32. The quantitative estimate of drug-likeness (QED) is 0.491. The van der Waals surface area contributed by atoms with Crippen LogP contribution in [0.15, 0.2) is 23.4 Å². The molecule has 4 heterocycles. The molecule has 34 heavy (non-hydrogen) atoms. The summed E-state index contributed by atoms with van der Waals surface area (Å²) in [5.41, 5.74) is -1.11. The van der Waals surface area contributed by atoms with Gasteiger partial charge >= 0.3 is 0 Å². The molecule has 1 spiro atoms. The Kier molecular flexibility index (Phi) is 6.31. The van der Waals surface area contributed by atoms with Crippen molar-refractivity contribution in [2.24, 2.45) is 11.1 Å². The van der Waals surface area contributed by atoms with E-state index in [-0.39, 0.29) is 24.6 Å². The fourth-order valence-corrected chi connectivity index (χ4v) is 5.97. The Labute approximate surface area is 200 Å². The van der Waals surface area contributed by atoms with E-state index in [9.17, 15) is 9.18 Å². The van der Waals surface area contributed by atoms with Crippen LogP contribution in [-0.2, 0) is 9.63 Å². The Morgan fingerprint density at radius 1 is 1.21 bits per heavy atom. The summed E-state index contributed by atoms with van der Waals surface area (Å²) in [7, 11) is 3.58.